The molecule has 494 valence electrons. The van der Waals surface area contributed by atoms with Gasteiger partial charge in [-0.3, -0.25) is 10.9 Å². The van der Waals surface area contributed by atoms with Crippen LogP contribution in [0.3, 0.4) is 0 Å². The summed E-state index contributed by atoms with van der Waals surface area (Å²) in [6, 6.07) is 41.6. The molecule has 2 amide bonds. The van der Waals surface area contributed by atoms with E-state index in [1.54, 1.807) is 172 Å². The molecule has 22 heteroatoms. The van der Waals surface area contributed by atoms with Gasteiger partial charge in [0.05, 0.1) is 126 Å². The van der Waals surface area contributed by atoms with Gasteiger partial charge in [-0.05, 0) is 108 Å². The fourth-order valence-electron chi connectivity index (χ4n) is 11.3. The van der Waals surface area contributed by atoms with Crippen LogP contribution in [-0.2, 0) is 29.0 Å². The van der Waals surface area contributed by atoms with Crippen LogP contribution in [0.25, 0.3) is 90.9 Å². The van der Waals surface area contributed by atoms with Crippen molar-refractivity contribution in [2.24, 2.45) is 0 Å². The molecule has 11 rings (SSSR count). The first-order chi connectivity index (χ1) is 46.2. The number of fused-ring (bicyclic) bond motifs is 8. The molecule has 97 heavy (non-hydrogen) atoms. The summed E-state index contributed by atoms with van der Waals surface area (Å²) in [7, 11) is 14.1. The topological polar surface area (TPSA) is 220 Å². The third-order valence-electron chi connectivity index (χ3n) is 15.5. The summed E-state index contributed by atoms with van der Waals surface area (Å²) in [6.45, 7) is 10.7. The maximum Gasteiger partial charge on any atom is 2.00 e. The number of benzene rings is 6. The van der Waals surface area contributed by atoms with Crippen LogP contribution in [0.2, 0.25) is 0 Å². The average molecular weight is 1360 g/mol. The zero-order chi connectivity index (χ0) is 68.2. The molecule has 0 unspecified atom stereocenters. The Morgan fingerprint density at radius 1 is 0.351 bits per heavy atom. The normalized spacial score (nSPS) is 11.6. The maximum atomic E-state index is 14.8. The number of ether oxygens (including phenoxy) is 11. The predicted molar refractivity (Wildman–Crippen MR) is 375 cm³/mol. The molecule has 2 aliphatic rings. The standard InChI is InChI=1S/C75H74N8O13.Zn/c1-74(2,3)95-72(84)82(43-23-18-16-19-24-43)80-56-27-22-28-57(81-83(44-25-20-17-21-26-44)73(85)96-75(4,5)6)68(56)64-48-29-31-50(76-48)65(69-58(89-10)37-45(86-7)38-59(69)90-11)52-33-35-54(78-52)67(71-62(93-14)41-47(88-9)42-63(71)94-15)55-36-34-53(79-55)66(51-32-30-49(64)77-51)70-60(91-12)39-46(87-8)40-61(70)92-13;/h16-42H,1-15H3,(H2-2,76,77,78,79,80,81);/q-2;+2. The fraction of sp³-hybridized carbons (Fsp3) is 0.227. The zero-order valence-electron chi connectivity index (χ0n) is 56.8. The van der Waals surface area contributed by atoms with Gasteiger partial charge in [-0.1, -0.05) is 66.7 Å². The van der Waals surface area contributed by atoms with Crippen molar-refractivity contribution in [2.45, 2.75) is 52.7 Å². The van der Waals surface area contributed by atoms with Gasteiger partial charge in [0.25, 0.3) is 0 Å². The zero-order valence-corrected chi connectivity index (χ0v) is 59.8. The quantitative estimate of drug-likeness (QED) is 0.0568. The molecule has 0 spiro atoms. The molecule has 2 N–H and O–H groups in total. The average Bonchev–Trinajstić information content (AvgIpc) is 1.65. The van der Waals surface area contributed by atoms with Gasteiger partial charge in [0.15, 0.2) is 0 Å². The van der Waals surface area contributed by atoms with Crippen molar-refractivity contribution in [3.05, 3.63) is 162 Å². The Bertz CT molecular complexity index is 4440. The molecule has 0 radical (unpaired) electrons. The summed E-state index contributed by atoms with van der Waals surface area (Å²) in [5.41, 5.74) is 13.7. The molecule has 6 aromatic carbocycles. The number of hydrogen-bond donors (Lipinski definition) is 2. The largest absolute Gasteiger partial charge is 2.00 e. The SMILES string of the molecule is COc1cc(OC)c(-c2c3nc(c(-c4c(OC)cc(OC)cc4OC)c4ccc([n-]4)c(-c4c(OC)cc(OC)cc4OC)c4nc(c(-c5c(NN(C(=O)OC(C)(C)C)c6ccccc6)cccc5NN(C(=O)OC(C)(C)C)c5ccccc5)c5ccc2[n-]5)C=C4)C=C3)c(OC)c1.[Zn+2]. The van der Waals surface area contributed by atoms with E-state index in [2.05, 4.69) is 10.9 Å². The number of para-hydroxylation sites is 2. The van der Waals surface area contributed by atoms with Crippen molar-refractivity contribution in [2.75, 3.05) is 84.9 Å². The minimum Gasteiger partial charge on any atom is -0.657 e. The van der Waals surface area contributed by atoms with E-state index in [9.17, 15) is 9.59 Å². The Kier molecular flexibility index (Phi) is 20.4. The minimum absolute atomic E-state index is 0. The Morgan fingerprint density at radius 2 is 0.619 bits per heavy atom. The summed E-state index contributed by atoms with van der Waals surface area (Å²) < 4.78 is 67.0. The van der Waals surface area contributed by atoms with Crippen molar-refractivity contribution < 1.29 is 81.2 Å². The summed E-state index contributed by atoms with van der Waals surface area (Å²) >= 11 is 0. The number of hydrogen-bond acceptors (Lipinski definition) is 17. The number of hydrazine groups is 2. The number of methoxy groups -OCH3 is 9. The Hall–Kier alpha value is -11.1. The van der Waals surface area contributed by atoms with E-state index >= 15 is 0 Å². The summed E-state index contributed by atoms with van der Waals surface area (Å²) in [6.07, 6.45) is 6.07. The Balaban J connectivity index is 0.0000102. The van der Waals surface area contributed by atoms with Crippen LogP contribution in [0.1, 0.15) is 64.3 Å². The van der Waals surface area contributed by atoms with Gasteiger partial charge in [-0.15, -0.1) is 22.1 Å². The number of aromatic nitrogens is 4. The van der Waals surface area contributed by atoms with Crippen LogP contribution in [0.4, 0.5) is 32.3 Å². The number of anilines is 4. The van der Waals surface area contributed by atoms with Crippen LogP contribution in [0.15, 0.2) is 140 Å². The van der Waals surface area contributed by atoms with E-state index in [0.717, 1.165) is 0 Å². The summed E-state index contributed by atoms with van der Waals surface area (Å²) in [5.74, 6) is 3.73. The molecule has 0 saturated carbocycles. The van der Waals surface area contributed by atoms with Gasteiger partial charge in [0.1, 0.15) is 62.9 Å². The summed E-state index contributed by atoms with van der Waals surface area (Å²) in [5, 5.41) is 2.64. The molecular formula is C75H74N8O13Zn. The third kappa shape index (κ3) is 14.2. The Labute approximate surface area is 575 Å². The van der Waals surface area contributed by atoms with Crippen molar-refractivity contribution in [3.8, 4) is 96.3 Å². The second kappa shape index (κ2) is 28.9. The molecule has 8 bridgehead atoms. The van der Waals surface area contributed by atoms with E-state index in [0.29, 0.717) is 164 Å². The number of nitrogens with zero attached hydrogens (tertiary/aromatic N) is 6. The number of nitrogens with one attached hydrogen (secondary N) is 2. The van der Waals surface area contributed by atoms with Crippen molar-refractivity contribution in [1.82, 2.24) is 19.9 Å². The molecular weight excluding hydrogens is 1290 g/mol. The second-order valence-corrected chi connectivity index (χ2v) is 23.8. The van der Waals surface area contributed by atoms with Crippen LogP contribution >= 0.6 is 0 Å². The molecule has 0 aliphatic carbocycles. The van der Waals surface area contributed by atoms with E-state index in [1.165, 1.54) is 10.0 Å². The number of carbonyl (C=O) groups is 2. The second-order valence-electron chi connectivity index (χ2n) is 23.8. The van der Waals surface area contributed by atoms with Gasteiger partial charge in [0.2, 0.25) is 0 Å². The first-order valence-corrected chi connectivity index (χ1v) is 30.5. The van der Waals surface area contributed by atoms with Crippen LogP contribution in [0, 0.1) is 0 Å². The van der Waals surface area contributed by atoms with Gasteiger partial charge in [-0.2, -0.15) is 10.0 Å². The molecule has 0 atom stereocenters. The first kappa shape index (κ1) is 68.7. The van der Waals surface area contributed by atoms with Gasteiger partial charge in [-0.25, -0.2) is 19.6 Å². The third-order valence-corrected chi connectivity index (χ3v) is 15.5. The van der Waals surface area contributed by atoms with E-state index in [1.807, 2.05) is 97.1 Å². The van der Waals surface area contributed by atoms with Crippen molar-refractivity contribution >= 4 is 81.3 Å². The van der Waals surface area contributed by atoms with Gasteiger partial charge < -0.3 is 62.1 Å². The fourth-order valence-corrected chi connectivity index (χ4v) is 11.3. The molecule has 9 aromatic rings. The monoisotopic (exact) mass is 1360 g/mol. The predicted octanol–water partition coefficient (Wildman–Crippen LogP) is 16.2. The number of carbonyl (C=O) groups excluding carboxylic acids is 2. The van der Waals surface area contributed by atoms with E-state index < -0.39 is 23.4 Å². The van der Waals surface area contributed by atoms with E-state index in [-0.39, 0.29) is 19.5 Å². The number of amides is 2. The molecule has 0 saturated heterocycles. The molecule has 5 heterocycles. The molecule has 2 aliphatic heterocycles. The van der Waals surface area contributed by atoms with Crippen molar-refractivity contribution in [3.63, 3.8) is 0 Å². The first-order valence-electron chi connectivity index (χ1n) is 30.5. The maximum absolute atomic E-state index is 14.8. The molecule has 0 fully saturated rings. The van der Waals surface area contributed by atoms with Crippen LogP contribution in [-0.4, -0.2) is 97.3 Å². The molecule has 21 nitrogen and oxygen atoms in total. The van der Waals surface area contributed by atoms with Gasteiger partial charge >= 0.3 is 31.7 Å². The minimum atomic E-state index is -0.929. The van der Waals surface area contributed by atoms with Crippen LogP contribution < -0.4 is 73.5 Å². The van der Waals surface area contributed by atoms with Crippen molar-refractivity contribution in [1.29, 1.82) is 0 Å². The Morgan fingerprint density at radius 3 is 0.866 bits per heavy atom. The van der Waals surface area contributed by atoms with Crippen LogP contribution in [0.5, 0.6) is 51.7 Å². The van der Waals surface area contributed by atoms with Gasteiger partial charge in [0, 0.05) is 58.7 Å². The molecule has 3 aromatic heterocycles. The number of rotatable bonds is 19. The smallest absolute Gasteiger partial charge is 0.657 e. The summed E-state index contributed by atoms with van der Waals surface area (Å²) in [4.78, 5) is 52.1. The van der Waals surface area contributed by atoms with E-state index in [4.69, 9.17) is 72.0 Å².